The van der Waals surface area contributed by atoms with Crippen molar-refractivity contribution in [3.05, 3.63) is 34.9 Å². The molecule has 1 aromatic carbocycles. The molecule has 1 aliphatic heterocycles. The Morgan fingerprint density at radius 3 is 2.30 bits per heavy atom. The number of likely N-dealkylation sites (N-methyl/N-ethyl adjacent to an activating group) is 1. The number of rotatable bonds is 4. The lowest BCUT2D eigenvalue weighted by Crippen LogP contribution is -2.41. The quantitative estimate of drug-likeness (QED) is 0.908. The zero-order valence-corrected chi connectivity index (χ0v) is 13.7. The van der Waals surface area contributed by atoms with Crippen molar-refractivity contribution in [2.45, 2.75) is 59.3 Å². The number of benzene rings is 1. The van der Waals surface area contributed by atoms with Gasteiger partial charge in [-0.3, -0.25) is 0 Å². The number of hydrogen-bond acceptors (Lipinski definition) is 2. The third kappa shape index (κ3) is 3.07. The minimum Gasteiger partial charge on any atom is -0.375 e. The fourth-order valence-electron chi connectivity index (χ4n) is 3.60. The van der Waals surface area contributed by atoms with E-state index in [1.807, 2.05) is 0 Å². The Balaban J connectivity index is 2.14. The fourth-order valence-corrected chi connectivity index (χ4v) is 3.60. The Hall–Kier alpha value is -0.860. The molecule has 5 unspecified atom stereocenters. The summed E-state index contributed by atoms with van der Waals surface area (Å²) in [7, 11) is 2.08. The first-order valence-electron chi connectivity index (χ1n) is 7.83. The molecule has 112 valence electrons. The number of hydrogen-bond donors (Lipinski definition) is 1. The molecule has 1 heterocycles. The Labute approximate surface area is 123 Å². The molecule has 20 heavy (non-hydrogen) atoms. The van der Waals surface area contributed by atoms with Gasteiger partial charge in [0.2, 0.25) is 0 Å². The van der Waals surface area contributed by atoms with Gasteiger partial charge in [0.1, 0.15) is 0 Å². The van der Waals surface area contributed by atoms with Gasteiger partial charge in [-0.05, 0) is 63.8 Å². The molecule has 2 heteroatoms. The van der Waals surface area contributed by atoms with E-state index in [0.29, 0.717) is 30.1 Å². The maximum Gasteiger partial charge on any atom is 0.0597 e. The van der Waals surface area contributed by atoms with Crippen LogP contribution in [0.1, 0.15) is 37.5 Å². The maximum atomic E-state index is 6.01. The predicted octanol–water partition coefficient (Wildman–Crippen LogP) is 3.49. The van der Waals surface area contributed by atoms with E-state index in [-0.39, 0.29) is 0 Å². The molecule has 1 fully saturated rings. The van der Waals surface area contributed by atoms with Crippen LogP contribution < -0.4 is 5.32 Å². The highest BCUT2D eigenvalue weighted by Gasteiger charge is 2.40. The number of ether oxygens (including phenoxy) is 1. The summed E-state index contributed by atoms with van der Waals surface area (Å²) in [5.74, 6) is 1.19. The Morgan fingerprint density at radius 1 is 1.10 bits per heavy atom. The summed E-state index contributed by atoms with van der Waals surface area (Å²) in [6.07, 6.45) is 1.78. The van der Waals surface area contributed by atoms with E-state index in [1.165, 1.54) is 16.7 Å². The van der Waals surface area contributed by atoms with Crippen molar-refractivity contribution in [3.63, 3.8) is 0 Å². The molecule has 1 aromatic rings. The van der Waals surface area contributed by atoms with Crippen molar-refractivity contribution in [1.82, 2.24) is 5.32 Å². The second-order valence-corrected chi connectivity index (χ2v) is 6.50. The van der Waals surface area contributed by atoms with Crippen LogP contribution in [0, 0.1) is 25.7 Å². The highest BCUT2D eigenvalue weighted by atomic mass is 16.5. The molecule has 2 rings (SSSR count). The Bertz CT molecular complexity index is 457. The summed E-state index contributed by atoms with van der Waals surface area (Å²) in [5.41, 5.74) is 4.18. The van der Waals surface area contributed by atoms with E-state index in [2.05, 4.69) is 65.2 Å². The number of aryl methyl sites for hydroxylation is 2. The van der Waals surface area contributed by atoms with Crippen LogP contribution in [0.3, 0.4) is 0 Å². The smallest absolute Gasteiger partial charge is 0.0597 e. The second-order valence-electron chi connectivity index (χ2n) is 6.50. The first-order valence-corrected chi connectivity index (χ1v) is 7.83. The van der Waals surface area contributed by atoms with Crippen LogP contribution in [0.2, 0.25) is 0 Å². The summed E-state index contributed by atoms with van der Waals surface area (Å²) in [6, 6.07) is 7.31. The zero-order chi connectivity index (χ0) is 14.9. The van der Waals surface area contributed by atoms with Crippen molar-refractivity contribution >= 4 is 0 Å². The van der Waals surface area contributed by atoms with Gasteiger partial charge in [-0.2, -0.15) is 0 Å². The molecule has 1 aliphatic rings. The molecule has 0 radical (unpaired) electrons. The van der Waals surface area contributed by atoms with Crippen molar-refractivity contribution in [1.29, 1.82) is 0 Å². The lowest BCUT2D eigenvalue weighted by molar-refractivity contribution is 0.0479. The second kappa shape index (κ2) is 6.28. The highest BCUT2D eigenvalue weighted by Crippen LogP contribution is 2.35. The van der Waals surface area contributed by atoms with Crippen LogP contribution in [0.5, 0.6) is 0 Å². The summed E-state index contributed by atoms with van der Waals surface area (Å²) in [4.78, 5) is 0. The summed E-state index contributed by atoms with van der Waals surface area (Å²) < 4.78 is 6.01. The predicted molar refractivity (Wildman–Crippen MR) is 85.1 cm³/mol. The van der Waals surface area contributed by atoms with Gasteiger partial charge in [-0.25, -0.2) is 0 Å². The van der Waals surface area contributed by atoms with Gasteiger partial charge in [0, 0.05) is 12.0 Å². The average molecular weight is 275 g/mol. The molecule has 1 saturated heterocycles. The van der Waals surface area contributed by atoms with Gasteiger partial charge in [-0.1, -0.05) is 25.1 Å². The normalized spacial score (nSPS) is 31.5. The van der Waals surface area contributed by atoms with Crippen molar-refractivity contribution in [2.24, 2.45) is 11.8 Å². The first kappa shape index (κ1) is 15.5. The fraction of sp³-hybridized carbons (Fsp3) is 0.667. The minimum atomic E-state index is 0.337. The lowest BCUT2D eigenvalue weighted by atomic mass is 9.81. The molecule has 0 amide bonds. The highest BCUT2D eigenvalue weighted by molar-refractivity contribution is 5.30. The van der Waals surface area contributed by atoms with Crippen LogP contribution in [0.25, 0.3) is 0 Å². The third-order valence-corrected chi connectivity index (χ3v) is 5.18. The van der Waals surface area contributed by atoms with E-state index in [0.717, 1.165) is 6.42 Å². The molecular weight excluding hydrogens is 246 g/mol. The van der Waals surface area contributed by atoms with Crippen molar-refractivity contribution in [2.75, 3.05) is 7.05 Å². The molecular formula is C18H29NO. The van der Waals surface area contributed by atoms with E-state index in [9.17, 15) is 0 Å². The maximum absolute atomic E-state index is 6.01. The molecule has 0 aliphatic carbocycles. The van der Waals surface area contributed by atoms with Gasteiger partial charge in [0.25, 0.3) is 0 Å². The van der Waals surface area contributed by atoms with Crippen LogP contribution in [0.4, 0.5) is 0 Å². The van der Waals surface area contributed by atoms with E-state index >= 15 is 0 Å². The standard InChI is InChI=1S/C18H29NO/c1-11-7-8-16(9-12(11)2)10-17(19-6)18-13(3)14(4)20-15(18)5/h7-9,13-15,17-19H,10H2,1-6H3. The van der Waals surface area contributed by atoms with Crippen molar-refractivity contribution < 1.29 is 4.74 Å². The van der Waals surface area contributed by atoms with Crippen LogP contribution in [0.15, 0.2) is 18.2 Å². The minimum absolute atomic E-state index is 0.337. The molecule has 0 saturated carbocycles. The summed E-state index contributed by atoms with van der Waals surface area (Å²) in [5, 5.41) is 3.53. The summed E-state index contributed by atoms with van der Waals surface area (Å²) >= 11 is 0. The van der Waals surface area contributed by atoms with E-state index in [4.69, 9.17) is 4.74 Å². The van der Waals surface area contributed by atoms with Crippen LogP contribution in [-0.4, -0.2) is 25.3 Å². The molecule has 0 spiro atoms. The molecule has 0 bridgehead atoms. The third-order valence-electron chi connectivity index (χ3n) is 5.18. The monoisotopic (exact) mass is 275 g/mol. The van der Waals surface area contributed by atoms with Crippen molar-refractivity contribution in [3.8, 4) is 0 Å². The topological polar surface area (TPSA) is 21.3 Å². The Kier molecular flexibility index (Phi) is 4.87. The van der Waals surface area contributed by atoms with Gasteiger partial charge < -0.3 is 10.1 Å². The molecule has 0 aromatic heterocycles. The van der Waals surface area contributed by atoms with Gasteiger partial charge in [-0.15, -0.1) is 0 Å². The Morgan fingerprint density at radius 2 is 1.80 bits per heavy atom. The van der Waals surface area contributed by atoms with Gasteiger partial charge in [0.05, 0.1) is 12.2 Å². The van der Waals surface area contributed by atoms with Crippen LogP contribution in [-0.2, 0) is 11.2 Å². The zero-order valence-electron chi connectivity index (χ0n) is 13.7. The lowest BCUT2D eigenvalue weighted by Gasteiger charge is -2.29. The van der Waals surface area contributed by atoms with E-state index in [1.54, 1.807) is 0 Å². The van der Waals surface area contributed by atoms with Crippen LogP contribution >= 0.6 is 0 Å². The summed E-state index contributed by atoms with van der Waals surface area (Å²) in [6.45, 7) is 11.1. The SMILES string of the molecule is CNC(Cc1ccc(C)c(C)c1)C1C(C)OC(C)C1C. The first-order chi connectivity index (χ1) is 9.43. The number of nitrogens with one attached hydrogen (secondary N) is 1. The average Bonchev–Trinajstić information content (AvgIpc) is 2.65. The molecule has 1 N–H and O–H groups in total. The van der Waals surface area contributed by atoms with Gasteiger partial charge >= 0.3 is 0 Å². The van der Waals surface area contributed by atoms with Gasteiger partial charge in [0.15, 0.2) is 0 Å². The molecule has 5 atom stereocenters. The molecule has 2 nitrogen and oxygen atoms in total. The van der Waals surface area contributed by atoms with E-state index < -0.39 is 0 Å². The largest absolute Gasteiger partial charge is 0.375 e.